The van der Waals surface area contributed by atoms with E-state index < -0.39 is 30.2 Å². The second kappa shape index (κ2) is 5.21. The van der Waals surface area contributed by atoms with Crippen molar-refractivity contribution in [1.29, 1.82) is 0 Å². The molecule has 2 heterocycles. The van der Waals surface area contributed by atoms with Crippen LogP contribution in [0, 0.1) is 5.82 Å². The van der Waals surface area contributed by atoms with Crippen molar-refractivity contribution >= 4 is 24.4 Å². The fourth-order valence-electron chi connectivity index (χ4n) is 2.66. The molecule has 1 atom stereocenters. The Kier molecular flexibility index (Phi) is 3.68. The van der Waals surface area contributed by atoms with Gasteiger partial charge in [0.05, 0.1) is 23.4 Å². The summed E-state index contributed by atoms with van der Waals surface area (Å²) in [6.07, 6.45) is -0.659. The van der Waals surface area contributed by atoms with Gasteiger partial charge in [0.2, 0.25) is 0 Å². The van der Waals surface area contributed by atoms with E-state index in [1.807, 2.05) is 27.7 Å². The number of benzene rings is 1. The lowest BCUT2D eigenvalue weighted by atomic mass is 9.78. The molecule has 0 radical (unpaired) electrons. The average Bonchev–Trinajstić information content (AvgIpc) is 2.85. The molecule has 3 rings (SSSR count). The number of halogens is 1. The number of amides is 1. The summed E-state index contributed by atoms with van der Waals surface area (Å²) < 4.78 is 31.3. The number of carbonyl (C=O) groups excluding carboxylic acids is 1. The number of hydrogen-bond acceptors (Lipinski definition) is 4. The third-order valence-electron chi connectivity index (χ3n) is 4.76. The molecular weight excluding hydrogens is 300 g/mol. The van der Waals surface area contributed by atoms with E-state index in [2.05, 4.69) is 0 Å². The van der Waals surface area contributed by atoms with Crippen molar-refractivity contribution < 1.29 is 23.2 Å². The molecule has 1 aromatic rings. The van der Waals surface area contributed by atoms with Crippen LogP contribution < -0.4 is 10.4 Å². The molecule has 5 nitrogen and oxygen atoms in total. The Morgan fingerprint density at radius 3 is 2.30 bits per heavy atom. The molecule has 1 aromatic carbocycles. The summed E-state index contributed by atoms with van der Waals surface area (Å²) in [7, 11) is -0.765. The maximum absolute atomic E-state index is 14.5. The second-order valence-corrected chi connectivity index (χ2v) is 7.10. The van der Waals surface area contributed by atoms with Gasteiger partial charge in [0, 0.05) is 5.46 Å². The standard InChI is InChI=1S/C16H21BFNO4/c1-10-9-19(14(20)21-10)11-6-7-12(13(18)8-11)17-22-15(2,3)16(4,5)23-17/h6-8,10H,9H2,1-5H3. The third-order valence-corrected chi connectivity index (χ3v) is 4.76. The van der Waals surface area contributed by atoms with Gasteiger partial charge >= 0.3 is 13.2 Å². The molecule has 1 unspecified atom stereocenters. The highest BCUT2D eigenvalue weighted by Crippen LogP contribution is 2.36. The summed E-state index contributed by atoms with van der Waals surface area (Å²) in [5, 5.41) is 0. The highest BCUT2D eigenvalue weighted by Gasteiger charge is 2.52. The summed E-state index contributed by atoms with van der Waals surface area (Å²) in [5.41, 5.74) is -0.265. The Morgan fingerprint density at radius 1 is 1.22 bits per heavy atom. The zero-order valence-electron chi connectivity index (χ0n) is 14.1. The van der Waals surface area contributed by atoms with E-state index >= 15 is 0 Å². The number of ether oxygens (including phenoxy) is 1. The van der Waals surface area contributed by atoms with E-state index in [0.717, 1.165) is 0 Å². The molecule has 0 N–H and O–H groups in total. The first-order valence-electron chi connectivity index (χ1n) is 7.74. The van der Waals surface area contributed by atoms with Crippen molar-refractivity contribution in [2.75, 3.05) is 11.4 Å². The van der Waals surface area contributed by atoms with Crippen molar-refractivity contribution in [3.8, 4) is 0 Å². The van der Waals surface area contributed by atoms with Gasteiger partial charge in [0.25, 0.3) is 0 Å². The molecule has 2 saturated heterocycles. The Bertz CT molecular complexity index is 633. The minimum atomic E-state index is -0.765. The molecule has 2 fully saturated rings. The lowest BCUT2D eigenvalue weighted by Crippen LogP contribution is -2.41. The maximum atomic E-state index is 14.5. The summed E-state index contributed by atoms with van der Waals surface area (Å²) in [6, 6.07) is 4.60. The van der Waals surface area contributed by atoms with Gasteiger partial charge in [-0.2, -0.15) is 0 Å². The normalized spacial score (nSPS) is 25.8. The first kappa shape index (κ1) is 16.3. The lowest BCUT2D eigenvalue weighted by molar-refractivity contribution is 0.00578. The van der Waals surface area contributed by atoms with E-state index in [1.165, 1.54) is 11.0 Å². The molecule has 0 bridgehead atoms. The Labute approximate surface area is 135 Å². The van der Waals surface area contributed by atoms with Gasteiger partial charge in [-0.15, -0.1) is 0 Å². The van der Waals surface area contributed by atoms with Gasteiger partial charge in [-0.1, -0.05) is 6.07 Å². The Balaban J connectivity index is 1.85. The topological polar surface area (TPSA) is 48.0 Å². The molecular formula is C16H21BFNO4. The Hall–Kier alpha value is -1.60. The van der Waals surface area contributed by atoms with Crippen LogP contribution in [0.25, 0.3) is 0 Å². The largest absolute Gasteiger partial charge is 0.497 e. The highest BCUT2D eigenvalue weighted by atomic mass is 19.1. The van der Waals surface area contributed by atoms with Crippen LogP contribution in [0.15, 0.2) is 18.2 Å². The highest BCUT2D eigenvalue weighted by molar-refractivity contribution is 6.62. The monoisotopic (exact) mass is 321 g/mol. The molecule has 0 aromatic heterocycles. The van der Waals surface area contributed by atoms with Crippen LogP contribution in [-0.4, -0.2) is 37.1 Å². The average molecular weight is 321 g/mol. The van der Waals surface area contributed by atoms with Crippen LogP contribution in [0.5, 0.6) is 0 Å². The summed E-state index contributed by atoms with van der Waals surface area (Å²) in [6.45, 7) is 9.88. The van der Waals surface area contributed by atoms with E-state index in [0.29, 0.717) is 17.7 Å². The predicted octanol–water partition coefficient (Wildman–Crippen LogP) is 2.47. The number of rotatable bonds is 2. The number of carbonyl (C=O) groups is 1. The fourth-order valence-corrected chi connectivity index (χ4v) is 2.66. The summed E-state index contributed by atoms with van der Waals surface area (Å²) >= 11 is 0. The summed E-state index contributed by atoms with van der Waals surface area (Å²) in [4.78, 5) is 13.2. The van der Waals surface area contributed by atoms with Gasteiger partial charge in [-0.25, -0.2) is 9.18 Å². The predicted molar refractivity (Wildman–Crippen MR) is 85.4 cm³/mol. The second-order valence-electron chi connectivity index (χ2n) is 7.10. The molecule has 7 heteroatoms. The maximum Gasteiger partial charge on any atom is 0.497 e. The molecule has 2 aliphatic rings. The molecule has 0 aliphatic carbocycles. The number of nitrogens with zero attached hydrogens (tertiary/aromatic N) is 1. The van der Waals surface area contributed by atoms with E-state index in [9.17, 15) is 9.18 Å². The third kappa shape index (κ3) is 2.72. The van der Waals surface area contributed by atoms with E-state index in [4.69, 9.17) is 14.0 Å². The molecule has 0 spiro atoms. The Morgan fingerprint density at radius 2 is 1.83 bits per heavy atom. The van der Waals surface area contributed by atoms with Crippen molar-refractivity contribution in [2.24, 2.45) is 0 Å². The van der Waals surface area contributed by atoms with Crippen molar-refractivity contribution in [3.63, 3.8) is 0 Å². The SMILES string of the molecule is CC1CN(c2ccc(B3OC(C)(C)C(C)(C)O3)c(F)c2)C(=O)O1. The van der Waals surface area contributed by atoms with Crippen molar-refractivity contribution in [3.05, 3.63) is 24.0 Å². The molecule has 0 saturated carbocycles. The first-order chi connectivity index (χ1) is 10.6. The first-order valence-corrected chi connectivity index (χ1v) is 7.74. The van der Waals surface area contributed by atoms with Gasteiger partial charge in [0.15, 0.2) is 0 Å². The fraction of sp³-hybridized carbons (Fsp3) is 0.562. The zero-order valence-corrected chi connectivity index (χ0v) is 14.1. The molecule has 1 amide bonds. The van der Waals surface area contributed by atoms with E-state index in [-0.39, 0.29) is 6.10 Å². The molecule has 2 aliphatic heterocycles. The molecule has 23 heavy (non-hydrogen) atoms. The number of cyclic esters (lactones) is 1. The van der Waals surface area contributed by atoms with Gasteiger partial charge in [0.1, 0.15) is 11.9 Å². The van der Waals surface area contributed by atoms with Gasteiger partial charge < -0.3 is 14.0 Å². The summed E-state index contributed by atoms with van der Waals surface area (Å²) in [5.74, 6) is -0.464. The number of hydrogen-bond donors (Lipinski definition) is 0. The van der Waals surface area contributed by atoms with Crippen LogP contribution in [0.3, 0.4) is 0 Å². The number of anilines is 1. The molecule has 124 valence electrons. The van der Waals surface area contributed by atoms with Crippen LogP contribution >= 0.6 is 0 Å². The zero-order chi connectivity index (χ0) is 17.0. The van der Waals surface area contributed by atoms with Crippen LogP contribution in [-0.2, 0) is 14.0 Å². The van der Waals surface area contributed by atoms with Crippen LogP contribution in [0.2, 0.25) is 0 Å². The smallest absolute Gasteiger partial charge is 0.444 e. The lowest BCUT2D eigenvalue weighted by Gasteiger charge is -2.32. The van der Waals surface area contributed by atoms with E-state index in [1.54, 1.807) is 19.1 Å². The van der Waals surface area contributed by atoms with Gasteiger partial charge in [-0.3, -0.25) is 4.90 Å². The van der Waals surface area contributed by atoms with Gasteiger partial charge in [-0.05, 0) is 46.8 Å². The minimum absolute atomic E-state index is 0.201. The van der Waals surface area contributed by atoms with Crippen LogP contribution in [0.1, 0.15) is 34.6 Å². The van der Waals surface area contributed by atoms with Crippen LogP contribution in [0.4, 0.5) is 14.9 Å². The minimum Gasteiger partial charge on any atom is -0.444 e. The quantitative estimate of drug-likeness (QED) is 0.785. The van der Waals surface area contributed by atoms with Crippen molar-refractivity contribution in [1.82, 2.24) is 0 Å². The van der Waals surface area contributed by atoms with Crippen molar-refractivity contribution in [2.45, 2.75) is 51.9 Å².